The zero-order valence-electron chi connectivity index (χ0n) is 10.7. The van der Waals surface area contributed by atoms with E-state index >= 15 is 0 Å². The van der Waals surface area contributed by atoms with Gasteiger partial charge in [-0.3, -0.25) is 0 Å². The van der Waals surface area contributed by atoms with Gasteiger partial charge < -0.3 is 15.6 Å². The van der Waals surface area contributed by atoms with Crippen LogP contribution in [0.3, 0.4) is 0 Å². The van der Waals surface area contributed by atoms with Gasteiger partial charge in [-0.15, -0.1) is 0 Å². The number of hydrogen-bond acceptors (Lipinski definition) is 3. The number of aliphatic hydroxyl groups is 1. The first-order valence-corrected chi connectivity index (χ1v) is 6.56. The number of hydrogen-bond donors (Lipinski definition) is 2. The van der Waals surface area contributed by atoms with Crippen molar-refractivity contribution in [3.05, 3.63) is 0 Å². The topological polar surface area (TPSA) is 55.5 Å². The summed E-state index contributed by atoms with van der Waals surface area (Å²) >= 11 is 0. The van der Waals surface area contributed by atoms with E-state index in [-0.39, 0.29) is 17.4 Å². The minimum Gasteiger partial charge on any atom is -0.389 e. The third-order valence-electron chi connectivity index (χ3n) is 5.26. The molecule has 0 spiro atoms. The monoisotopic (exact) mass is 227 g/mol. The van der Waals surface area contributed by atoms with Crippen LogP contribution in [-0.4, -0.2) is 29.5 Å². The summed E-state index contributed by atoms with van der Waals surface area (Å²) in [5.41, 5.74) is 5.07. The zero-order chi connectivity index (χ0) is 12.0. The molecule has 3 heteroatoms. The van der Waals surface area contributed by atoms with Crippen LogP contribution < -0.4 is 5.73 Å². The van der Waals surface area contributed by atoms with Crippen LogP contribution in [0.25, 0.3) is 0 Å². The predicted octanol–water partition coefficient (Wildman–Crippen LogP) is 1.68. The molecule has 2 rings (SSSR count). The van der Waals surface area contributed by atoms with Crippen LogP contribution >= 0.6 is 0 Å². The van der Waals surface area contributed by atoms with E-state index in [1.807, 2.05) is 6.92 Å². The van der Waals surface area contributed by atoms with Gasteiger partial charge in [0.25, 0.3) is 0 Å². The lowest BCUT2D eigenvalue weighted by atomic mass is 9.59. The second-order valence-corrected chi connectivity index (χ2v) is 5.85. The molecule has 5 unspecified atom stereocenters. The summed E-state index contributed by atoms with van der Waals surface area (Å²) in [6.07, 6.45) is 4.63. The highest BCUT2D eigenvalue weighted by molar-refractivity contribution is 5.11. The summed E-state index contributed by atoms with van der Waals surface area (Å²) in [6, 6.07) is 0. The summed E-state index contributed by atoms with van der Waals surface area (Å²) in [5.74, 6) is 0.263. The molecule has 2 fully saturated rings. The molecular formula is C13H25NO2. The van der Waals surface area contributed by atoms with Crippen molar-refractivity contribution < 1.29 is 9.84 Å². The molecule has 2 bridgehead atoms. The first-order chi connectivity index (χ1) is 7.48. The Balaban J connectivity index is 2.28. The van der Waals surface area contributed by atoms with Gasteiger partial charge in [0, 0.05) is 12.0 Å². The summed E-state index contributed by atoms with van der Waals surface area (Å²) < 4.78 is 5.92. The average Bonchev–Trinajstić information content (AvgIpc) is 2.87. The Labute approximate surface area is 98.4 Å². The second kappa shape index (κ2) is 3.97. The van der Waals surface area contributed by atoms with Crippen molar-refractivity contribution in [3.63, 3.8) is 0 Å². The van der Waals surface area contributed by atoms with Crippen LogP contribution in [-0.2, 0) is 4.74 Å². The van der Waals surface area contributed by atoms with Crippen molar-refractivity contribution in [2.24, 2.45) is 17.1 Å². The Morgan fingerprint density at radius 1 is 1.56 bits per heavy atom. The predicted molar refractivity (Wildman–Crippen MR) is 64.1 cm³/mol. The van der Waals surface area contributed by atoms with E-state index in [1.165, 1.54) is 0 Å². The third kappa shape index (κ3) is 1.45. The van der Waals surface area contributed by atoms with Crippen LogP contribution in [0.5, 0.6) is 0 Å². The van der Waals surface area contributed by atoms with Gasteiger partial charge in [-0.2, -0.15) is 0 Å². The molecule has 3 nitrogen and oxygen atoms in total. The number of rotatable bonds is 4. The smallest absolute Gasteiger partial charge is 0.0738 e. The lowest BCUT2D eigenvalue weighted by Gasteiger charge is -2.49. The molecule has 0 saturated carbocycles. The van der Waals surface area contributed by atoms with Gasteiger partial charge in [0.2, 0.25) is 0 Å². The fraction of sp³-hybridized carbons (Fsp3) is 1.00. The minimum atomic E-state index is -0.712. The first-order valence-electron chi connectivity index (χ1n) is 6.56. The van der Waals surface area contributed by atoms with Crippen LogP contribution in [0.1, 0.15) is 46.5 Å². The van der Waals surface area contributed by atoms with E-state index in [9.17, 15) is 5.11 Å². The number of nitrogens with two attached hydrogens (primary N) is 1. The van der Waals surface area contributed by atoms with E-state index < -0.39 is 5.60 Å². The summed E-state index contributed by atoms with van der Waals surface area (Å²) in [7, 11) is 0. The van der Waals surface area contributed by atoms with Crippen molar-refractivity contribution in [3.8, 4) is 0 Å². The largest absolute Gasteiger partial charge is 0.389 e. The molecule has 2 saturated heterocycles. The first kappa shape index (κ1) is 12.3. The highest BCUT2D eigenvalue weighted by atomic mass is 16.5. The van der Waals surface area contributed by atoms with Crippen molar-refractivity contribution >= 4 is 0 Å². The van der Waals surface area contributed by atoms with Gasteiger partial charge in [-0.25, -0.2) is 0 Å². The Bertz CT molecular complexity index is 267. The maximum Gasteiger partial charge on any atom is 0.0738 e. The van der Waals surface area contributed by atoms with Gasteiger partial charge in [0.05, 0.1) is 17.8 Å². The molecule has 2 heterocycles. The van der Waals surface area contributed by atoms with Crippen LogP contribution in [0.15, 0.2) is 0 Å². The molecule has 0 radical (unpaired) electrons. The molecule has 0 aliphatic carbocycles. The van der Waals surface area contributed by atoms with Gasteiger partial charge in [0.15, 0.2) is 0 Å². The van der Waals surface area contributed by atoms with Gasteiger partial charge >= 0.3 is 0 Å². The highest BCUT2D eigenvalue weighted by Gasteiger charge is 2.61. The molecule has 0 amide bonds. The van der Waals surface area contributed by atoms with E-state index in [0.717, 1.165) is 25.7 Å². The van der Waals surface area contributed by atoms with Crippen LogP contribution in [0.2, 0.25) is 0 Å². The molecule has 5 atom stereocenters. The van der Waals surface area contributed by atoms with Gasteiger partial charge in [-0.1, -0.05) is 20.3 Å². The SMILES string of the molecule is CCC(C)C(C)(O)C1(CN)CC2CCC1O2. The van der Waals surface area contributed by atoms with E-state index in [1.54, 1.807) is 0 Å². The van der Waals surface area contributed by atoms with Gasteiger partial charge in [0.1, 0.15) is 0 Å². The molecule has 3 N–H and O–H groups in total. The van der Waals surface area contributed by atoms with Gasteiger partial charge in [-0.05, 0) is 32.1 Å². The van der Waals surface area contributed by atoms with E-state index in [0.29, 0.717) is 12.6 Å². The average molecular weight is 227 g/mol. The standard InChI is InChI=1S/C13H25NO2/c1-4-9(2)12(3,15)13(8-14)7-10-5-6-11(13)16-10/h9-11,15H,4-8,14H2,1-3H3. The Hall–Kier alpha value is -0.120. The molecule has 0 aromatic carbocycles. The lowest BCUT2D eigenvalue weighted by molar-refractivity contribution is -0.131. The Kier molecular flexibility index (Phi) is 3.06. The second-order valence-electron chi connectivity index (χ2n) is 5.85. The number of fused-ring (bicyclic) bond motifs is 2. The molecule has 16 heavy (non-hydrogen) atoms. The Morgan fingerprint density at radius 3 is 2.62 bits per heavy atom. The maximum atomic E-state index is 10.9. The summed E-state index contributed by atoms with van der Waals surface area (Å²) in [6.45, 7) is 6.73. The van der Waals surface area contributed by atoms with E-state index in [2.05, 4.69) is 13.8 Å². The maximum absolute atomic E-state index is 10.9. The normalized spacial score (nSPS) is 43.3. The lowest BCUT2D eigenvalue weighted by Crippen LogP contribution is -2.59. The molecule has 2 aliphatic heterocycles. The fourth-order valence-corrected chi connectivity index (χ4v) is 3.64. The summed E-state index contributed by atoms with van der Waals surface area (Å²) in [5, 5.41) is 10.9. The van der Waals surface area contributed by atoms with Crippen molar-refractivity contribution in [1.82, 2.24) is 0 Å². The summed E-state index contributed by atoms with van der Waals surface area (Å²) in [4.78, 5) is 0. The molecule has 94 valence electrons. The fourth-order valence-electron chi connectivity index (χ4n) is 3.64. The van der Waals surface area contributed by atoms with E-state index in [4.69, 9.17) is 10.5 Å². The van der Waals surface area contributed by atoms with Crippen LogP contribution in [0, 0.1) is 11.3 Å². The van der Waals surface area contributed by atoms with Crippen LogP contribution in [0.4, 0.5) is 0 Å². The Morgan fingerprint density at radius 2 is 2.25 bits per heavy atom. The molecule has 0 aromatic rings. The molecule has 0 aromatic heterocycles. The zero-order valence-corrected chi connectivity index (χ0v) is 10.7. The van der Waals surface area contributed by atoms with Crippen molar-refractivity contribution in [2.75, 3.05) is 6.54 Å². The van der Waals surface area contributed by atoms with Crippen molar-refractivity contribution in [1.29, 1.82) is 0 Å². The highest BCUT2D eigenvalue weighted by Crippen LogP contribution is 2.55. The molecular weight excluding hydrogens is 202 g/mol. The van der Waals surface area contributed by atoms with Crippen molar-refractivity contribution in [2.45, 2.75) is 64.3 Å². The third-order valence-corrected chi connectivity index (χ3v) is 5.26. The molecule has 2 aliphatic rings. The number of ether oxygens (including phenoxy) is 1. The quantitative estimate of drug-likeness (QED) is 0.768. The minimum absolute atomic E-state index is 0.173.